The topological polar surface area (TPSA) is 93.1 Å². The number of nitrogens with one attached hydrogen (secondary N) is 2. The van der Waals surface area contributed by atoms with Crippen molar-refractivity contribution in [2.75, 3.05) is 5.32 Å². The second kappa shape index (κ2) is 5.72. The molecular weight excluding hydrogens is 328 g/mol. The Hall–Kier alpha value is -2.74. The number of nitrogens with zero attached hydrogens (tertiary/aromatic N) is 2. The van der Waals surface area contributed by atoms with E-state index < -0.39 is 16.9 Å². The molecule has 1 aliphatic heterocycles. The minimum absolute atomic E-state index is 0.0428. The highest BCUT2D eigenvalue weighted by atomic mass is 32.2. The standard InChI is InChI=1S/C16H14N4O3S/c21-14-7-15(24(23)19-14)20-9-11(8-17-20)18-16(22)13-6-12(13)10-4-2-1-3-5-10/h1-5,7-9,12-13H,6H2,(H,18,22)(H,19,21)/t12-,13+,24?/m1/s1. The van der Waals surface area contributed by atoms with Gasteiger partial charge in [-0.25, -0.2) is 8.89 Å². The van der Waals surface area contributed by atoms with Crippen LogP contribution in [-0.2, 0) is 20.6 Å². The number of amides is 2. The largest absolute Gasteiger partial charge is 0.323 e. The number of anilines is 1. The average Bonchev–Trinajstić information content (AvgIpc) is 3.14. The molecule has 0 bridgehead atoms. The lowest BCUT2D eigenvalue weighted by molar-refractivity contribution is -0.117. The number of aromatic nitrogens is 2. The number of carbonyl (C=O) groups excluding carboxylic acids is 2. The first-order chi connectivity index (χ1) is 11.6. The Bertz CT molecular complexity index is 874. The maximum absolute atomic E-state index is 12.3. The molecule has 1 aliphatic carbocycles. The van der Waals surface area contributed by atoms with Crippen LogP contribution in [0.3, 0.4) is 0 Å². The number of rotatable bonds is 4. The molecule has 8 heteroatoms. The van der Waals surface area contributed by atoms with E-state index in [1.165, 1.54) is 22.5 Å². The second-order valence-electron chi connectivity index (χ2n) is 5.74. The monoisotopic (exact) mass is 342 g/mol. The van der Waals surface area contributed by atoms with Crippen molar-refractivity contribution in [1.29, 1.82) is 0 Å². The predicted octanol–water partition coefficient (Wildman–Crippen LogP) is 1.22. The van der Waals surface area contributed by atoms with Crippen molar-refractivity contribution in [2.24, 2.45) is 5.92 Å². The number of carbonyl (C=O) groups is 2. The minimum atomic E-state index is -1.62. The molecule has 4 rings (SSSR count). The Balaban J connectivity index is 1.42. The molecule has 24 heavy (non-hydrogen) atoms. The third-order valence-corrected chi connectivity index (χ3v) is 5.14. The molecule has 2 N–H and O–H groups in total. The first-order valence-electron chi connectivity index (χ1n) is 7.47. The fraction of sp³-hybridized carbons (Fsp3) is 0.188. The van der Waals surface area contributed by atoms with Gasteiger partial charge in [0.15, 0.2) is 16.0 Å². The van der Waals surface area contributed by atoms with E-state index in [-0.39, 0.29) is 22.8 Å². The van der Waals surface area contributed by atoms with Crippen LogP contribution in [-0.4, -0.2) is 25.8 Å². The molecule has 1 saturated carbocycles. The Morgan fingerprint density at radius 3 is 2.83 bits per heavy atom. The molecule has 3 atom stereocenters. The van der Waals surface area contributed by atoms with Gasteiger partial charge in [-0.3, -0.25) is 14.3 Å². The molecule has 1 aromatic carbocycles. The van der Waals surface area contributed by atoms with Gasteiger partial charge in [0.2, 0.25) is 5.91 Å². The molecule has 0 radical (unpaired) electrons. The fourth-order valence-electron chi connectivity index (χ4n) is 2.79. The van der Waals surface area contributed by atoms with E-state index in [0.29, 0.717) is 5.69 Å². The van der Waals surface area contributed by atoms with Crippen molar-refractivity contribution >= 4 is 33.5 Å². The molecule has 1 fully saturated rings. The van der Waals surface area contributed by atoms with Crippen LogP contribution in [0.25, 0.3) is 5.03 Å². The van der Waals surface area contributed by atoms with Crippen molar-refractivity contribution in [1.82, 2.24) is 14.5 Å². The van der Waals surface area contributed by atoms with Crippen LogP contribution < -0.4 is 10.0 Å². The van der Waals surface area contributed by atoms with Crippen LogP contribution in [0.2, 0.25) is 0 Å². The third kappa shape index (κ3) is 2.76. The van der Waals surface area contributed by atoms with Gasteiger partial charge in [-0.15, -0.1) is 0 Å². The summed E-state index contributed by atoms with van der Waals surface area (Å²) in [5, 5.41) is 7.11. The van der Waals surface area contributed by atoms with Crippen LogP contribution >= 0.6 is 0 Å². The second-order valence-corrected chi connectivity index (χ2v) is 6.90. The highest BCUT2D eigenvalue weighted by Crippen LogP contribution is 2.47. The Morgan fingerprint density at radius 2 is 2.12 bits per heavy atom. The Kier molecular flexibility index (Phi) is 3.53. The SMILES string of the molecule is O=C1C=C(n2cc(NC(=O)[C@H]3C[C@@H]3c3ccccc3)cn2)S(=O)N1. The van der Waals surface area contributed by atoms with Gasteiger partial charge in [-0.2, -0.15) is 5.10 Å². The lowest BCUT2D eigenvalue weighted by Gasteiger charge is -2.02. The molecule has 122 valence electrons. The molecule has 7 nitrogen and oxygen atoms in total. The highest BCUT2D eigenvalue weighted by Gasteiger charge is 2.43. The summed E-state index contributed by atoms with van der Waals surface area (Å²) >= 11 is 0. The summed E-state index contributed by atoms with van der Waals surface area (Å²) in [6, 6.07) is 9.95. The number of hydrogen-bond donors (Lipinski definition) is 2. The summed E-state index contributed by atoms with van der Waals surface area (Å²) in [5.41, 5.74) is 1.68. The van der Waals surface area contributed by atoms with Gasteiger partial charge in [-0.05, 0) is 17.9 Å². The molecule has 0 saturated heterocycles. The molecule has 0 spiro atoms. The van der Waals surface area contributed by atoms with Crippen LogP contribution in [0.5, 0.6) is 0 Å². The summed E-state index contributed by atoms with van der Waals surface area (Å²) in [7, 11) is -1.62. The molecule has 2 amide bonds. The number of hydrogen-bond acceptors (Lipinski definition) is 4. The number of benzene rings is 1. The zero-order valence-corrected chi connectivity index (χ0v) is 13.3. The normalized spacial score (nSPS) is 25.1. The van der Waals surface area contributed by atoms with Gasteiger partial charge >= 0.3 is 0 Å². The molecule has 1 unspecified atom stereocenters. The third-order valence-electron chi connectivity index (χ3n) is 4.07. The zero-order valence-electron chi connectivity index (χ0n) is 12.5. The first-order valence-corrected chi connectivity index (χ1v) is 8.62. The highest BCUT2D eigenvalue weighted by molar-refractivity contribution is 7.93. The molecule has 2 aliphatic rings. The van der Waals surface area contributed by atoms with Crippen molar-refractivity contribution < 1.29 is 13.8 Å². The van der Waals surface area contributed by atoms with Crippen LogP contribution in [0.15, 0.2) is 48.8 Å². The van der Waals surface area contributed by atoms with Gasteiger partial charge in [0.05, 0.1) is 18.1 Å². The summed E-state index contributed by atoms with van der Waals surface area (Å²) in [5.74, 6) is -0.265. The summed E-state index contributed by atoms with van der Waals surface area (Å²) < 4.78 is 15.3. The maximum atomic E-state index is 12.3. The van der Waals surface area contributed by atoms with E-state index in [1.807, 2.05) is 30.3 Å². The van der Waals surface area contributed by atoms with Gasteiger partial charge in [0.1, 0.15) is 0 Å². The summed E-state index contributed by atoms with van der Waals surface area (Å²) in [4.78, 5) is 23.5. The van der Waals surface area contributed by atoms with Gasteiger partial charge in [0, 0.05) is 12.0 Å². The van der Waals surface area contributed by atoms with E-state index in [1.54, 1.807) is 6.20 Å². The van der Waals surface area contributed by atoms with E-state index in [9.17, 15) is 13.8 Å². The Morgan fingerprint density at radius 1 is 1.33 bits per heavy atom. The average molecular weight is 342 g/mol. The van der Waals surface area contributed by atoms with Crippen LogP contribution in [0.1, 0.15) is 17.9 Å². The lowest BCUT2D eigenvalue weighted by Crippen LogP contribution is -2.17. The van der Waals surface area contributed by atoms with Crippen molar-refractivity contribution in [3.8, 4) is 0 Å². The van der Waals surface area contributed by atoms with Crippen LogP contribution in [0, 0.1) is 5.92 Å². The van der Waals surface area contributed by atoms with E-state index in [0.717, 1.165) is 6.42 Å². The van der Waals surface area contributed by atoms with Crippen molar-refractivity contribution in [2.45, 2.75) is 12.3 Å². The first kappa shape index (κ1) is 14.8. The molecule has 2 heterocycles. The fourth-order valence-corrected chi connectivity index (χ4v) is 3.62. The van der Waals surface area contributed by atoms with Crippen molar-refractivity contribution in [3.63, 3.8) is 0 Å². The summed E-state index contributed by atoms with van der Waals surface area (Å²) in [6.45, 7) is 0. The molecular formula is C16H14N4O3S. The van der Waals surface area contributed by atoms with Gasteiger partial charge in [0.25, 0.3) is 5.91 Å². The van der Waals surface area contributed by atoms with Crippen LogP contribution in [0.4, 0.5) is 5.69 Å². The quantitative estimate of drug-likeness (QED) is 0.874. The zero-order chi connectivity index (χ0) is 16.7. The predicted molar refractivity (Wildman–Crippen MR) is 88.7 cm³/mol. The van der Waals surface area contributed by atoms with Crippen molar-refractivity contribution in [3.05, 3.63) is 54.4 Å². The van der Waals surface area contributed by atoms with Gasteiger partial charge < -0.3 is 5.32 Å². The Labute approximate surface area is 140 Å². The molecule has 1 aromatic heterocycles. The van der Waals surface area contributed by atoms with E-state index >= 15 is 0 Å². The van der Waals surface area contributed by atoms with Gasteiger partial charge in [-0.1, -0.05) is 30.3 Å². The van der Waals surface area contributed by atoms with E-state index in [4.69, 9.17) is 0 Å². The minimum Gasteiger partial charge on any atom is -0.323 e. The summed E-state index contributed by atoms with van der Waals surface area (Å²) in [6.07, 6.45) is 5.07. The smallest absolute Gasteiger partial charge is 0.258 e. The molecule has 2 aromatic rings. The lowest BCUT2D eigenvalue weighted by atomic mass is 10.1. The maximum Gasteiger partial charge on any atom is 0.258 e. The van der Waals surface area contributed by atoms with E-state index in [2.05, 4.69) is 15.1 Å².